The first-order chi connectivity index (χ1) is 22.6. The highest BCUT2D eigenvalue weighted by Gasteiger charge is 2.27. The maximum absolute atomic E-state index is 14.8. The predicted octanol–water partition coefficient (Wildman–Crippen LogP) is 6.79. The lowest BCUT2D eigenvalue weighted by atomic mass is 9.95. The van der Waals surface area contributed by atoms with Crippen molar-refractivity contribution in [2.45, 2.75) is 77.7 Å². The zero-order chi connectivity index (χ0) is 33.6. The minimum atomic E-state index is -0.892. The van der Waals surface area contributed by atoms with Crippen molar-refractivity contribution in [3.05, 3.63) is 101 Å². The lowest BCUT2D eigenvalue weighted by Gasteiger charge is -2.34. The Labute approximate surface area is 276 Å². The molecule has 3 aromatic rings. The summed E-state index contributed by atoms with van der Waals surface area (Å²) in [7, 11) is 0. The Morgan fingerprint density at radius 3 is 2.38 bits per heavy atom. The molecule has 1 heterocycles. The Kier molecular flexibility index (Phi) is 13.0. The normalized spacial score (nSPS) is 15.3. The molecule has 0 saturated carbocycles. The first kappa shape index (κ1) is 35.3. The van der Waals surface area contributed by atoms with Crippen LogP contribution in [0.25, 0.3) is 0 Å². The summed E-state index contributed by atoms with van der Waals surface area (Å²) in [6, 6.07) is 22.5. The van der Waals surface area contributed by atoms with Gasteiger partial charge >= 0.3 is 12.2 Å². The molecule has 1 fully saturated rings. The van der Waals surface area contributed by atoms with Gasteiger partial charge in [0, 0.05) is 25.2 Å². The summed E-state index contributed by atoms with van der Waals surface area (Å²) in [5.41, 5.74) is 1.57. The molecule has 2 N–H and O–H groups in total. The zero-order valence-electron chi connectivity index (χ0n) is 27.5. The van der Waals surface area contributed by atoms with Crippen molar-refractivity contribution in [1.29, 1.82) is 0 Å². The largest absolute Gasteiger partial charge is 0.494 e. The third-order valence-electron chi connectivity index (χ3n) is 7.82. The maximum atomic E-state index is 14.8. The van der Waals surface area contributed by atoms with Gasteiger partial charge < -0.3 is 29.7 Å². The monoisotopic (exact) mass is 647 g/mol. The summed E-state index contributed by atoms with van der Waals surface area (Å²) in [5, 5.41) is 5.44. The van der Waals surface area contributed by atoms with Crippen molar-refractivity contribution in [2.24, 2.45) is 5.92 Å². The third kappa shape index (κ3) is 12.3. The van der Waals surface area contributed by atoms with Crippen molar-refractivity contribution >= 4 is 18.1 Å². The van der Waals surface area contributed by atoms with E-state index in [0.29, 0.717) is 38.3 Å². The first-order valence-corrected chi connectivity index (χ1v) is 16.2. The van der Waals surface area contributed by atoms with Crippen molar-refractivity contribution in [3.8, 4) is 5.75 Å². The van der Waals surface area contributed by atoms with Gasteiger partial charge in [-0.3, -0.25) is 4.79 Å². The van der Waals surface area contributed by atoms with Gasteiger partial charge in [-0.25, -0.2) is 14.0 Å². The van der Waals surface area contributed by atoms with Gasteiger partial charge in [0.15, 0.2) is 0 Å². The second-order valence-electron chi connectivity index (χ2n) is 12.8. The van der Waals surface area contributed by atoms with Crippen molar-refractivity contribution in [2.75, 3.05) is 19.7 Å². The van der Waals surface area contributed by atoms with Crippen molar-refractivity contribution < 1.29 is 33.0 Å². The number of nitrogens with zero attached hydrogens (tertiary/aromatic N) is 1. The molecule has 1 aliphatic rings. The second kappa shape index (κ2) is 17.4. The molecule has 4 rings (SSSR count). The fourth-order valence-corrected chi connectivity index (χ4v) is 5.35. The van der Waals surface area contributed by atoms with E-state index in [9.17, 15) is 18.8 Å². The number of hydrogen-bond donors (Lipinski definition) is 2. The Balaban J connectivity index is 1.29. The number of carbonyl (C=O) groups is 3. The van der Waals surface area contributed by atoms with Crippen LogP contribution in [0.5, 0.6) is 5.75 Å². The summed E-state index contributed by atoms with van der Waals surface area (Å²) in [6.07, 6.45) is 2.49. The highest BCUT2D eigenvalue weighted by Crippen LogP contribution is 2.23. The number of aryl methyl sites for hydroxylation is 1. The van der Waals surface area contributed by atoms with E-state index in [0.717, 1.165) is 30.4 Å². The van der Waals surface area contributed by atoms with E-state index < -0.39 is 29.5 Å². The number of rotatable bonds is 13. The van der Waals surface area contributed by atoms with Crippen LogP contribution < -0.4 is 15.4 Å². The van der Waals surface area contributed by atoms with Gasteiger partial charge in [0.2, 0.25) is 5.91 Å². The maximum Gasteiger partial charge on any atom is 0.410 e. The van der Waals surface area contributed by atoms with Gasteiger partial charge in [0.25, 0.3) is 0 Å². The molecule has 0 bridgehead atoms. The summed E-state index contributed by atoms with van der Waals surface area (Å²) in [4.78, 5) is 40.1. The molecule has 10 heteroatoms. The molecule has 0 aliphatic carbocycles. The standard InChI is InChI=1S/C37H46FN3O6/c1-37(2,3)47-36(44)41-21-10-15-28(25-41)20-22-45-31-17-18-32(38)30(23-31)24-39-34(42)33(19-16-27-11-6-4-7-12-27)40-35(43)46-26-29-13-8-5-9-14-29/h4-9,11-14,17-18,23,28,33H,10,15-16,19-22,24-26H2,1-3H3,(H,39,42)(H,40,43). The topological polar surface area (TPSA) is 106 Å². The quantitative estimate of drug-likeness (QED) is 0.212. The van der Waals surface area contributed by atoms with Crippen LogP contribution in [0.15, 0.2) is 78.9 Å². The highest BCUT2D eigenvalue weighted by atomic mass is 19.1. The highest BCUT2D eigenvalue weighted by molar-refractivity contribution is 5.85. The Morgan fingerprint density at radius 1 is 0.979 bits per heavy atom. The van der Waals surface area contributed by atoms with Crippen LogP contribution >= 0.6 is 0 Å². The Morgan fingerprint density at radius 2 is 1.68 bits per heavy atom. The first-order valence-electron chi connectivity index (χ1n) is 16.2. The number of halogens is 1. The Bertz CT molecular complexity index is 1450. The lowest BCUT2D eigenvalue weighted by molar-refractivity contribution is -0.123. The van der Waals surface area contributed by atoms with Crippen LogP contribution in [0.1, 0.15) is 63.1 Å². The summed E-state index contributed by atoms with van der Waals surface area (Å²) < 4.78 is 31.6. The molecule has 3 aromatic carbocycles. The molecule has 0 aromatic heterocycles. The van der Waals surface area contributed by atoms with Crippen LogP contribution in [0.3, 0.4) is 0 Å². The second-order valence-corrected chi connectivity index (χ2v) is 12.8. The number of ether oxygens (including phenoxy) is 3. The lowest BCUT2D eigenvalue weighted by Crippen LogP contribution is -2.47. The molecule has 252 valence electrons. The van der Waals surface area contributed by atoms with E-state index in [2.05, 4.69) is 10.6 Å². The number of benzene rings is 3. The molecule has 0 spiro atoms. The molecule has 2 atom stereocenters. The average Bonchev–Trinajstić information content (AvgIpc) is 3.06. The van der Waals surface area contributed by atoms with Gasteiger partial charge in [0.05, 0.1) is 6.61 Å². The van der Waals surface area contributed by atoms with Crippen molar-refractivity contribution in [1.82, 2.24) is 15.5 Å². The molecule has 1 aliphatic heterocycles. The average molecular weight is 648 g/mol. The van der Waals surface area contributed by atoms with E-state index in [1.807, 2.05) is 81.4 Å². The van der Waals surface area contributed by atoms with Crippen LogP contribution in [-0.4, -0.2) is 54.3 Å². The SMILES string of the molecule is CC(C)(C)OC(=O)N1CCCC(CCOc2ccc(F)c(CNC(=O)C(CCc3ccccc3)NC(=O)OCc3ccccc3)c2)C1. The summed E-state index contributed by atoms with van der Waals surface area (Å²) >= 11 is 0. The Hall–Kier alpha value is -4.60. The van der Waals surface area contributed by atoms with E-state index in [1.54, 1.807) is 17.0 Å². The number of carbonyl (C=O) groups excluding carboxylic acids is 3. The van der Waals surface area contributed by atoms with E-state index in [1.165, 1.54) is 6.07 Å². The smallest absolute Gasteiger partial charge is 0.410 e. The molecular formula is C37H46FN3O6. The van der Waals surface area contributed by atoms with Crippen LogP contribution in [-0.2, 0) is 33.8 Å². The van der Waals surface area contributed by atoms with Gasteiger partial charge in [-0.15, -0.1) is 0 Å². The number of hydrogen-bond acceptors (Lipinski definition) is 6. The van der Waals surface area contributed by atoms with E-state index in [4.69, 9.17) is 14.2 Å². The molecule has 2 unspecified atom stereocenters. The minimum absolute atomic E-state index is 0.0699. The third-order valence-corrected chi connectivity index (χ3v) is 7.82. The van der Waals surface area contributed by atoms with Gasteiger partial charge in [-0.2, -0.15) is 0 Å². The van der Waals surface area contributed by atoms with E-state index >= 15 is 0 Å². The number of piperidine rings is 1. The molecule has 47 heavy (non-hydrogen) atoms. The van der Waals surface area contributed by atoms with Crippen LogP contribution in [0, 0.1) is 11.7 Å². The number of amides is 3. The number of nitrogens with one attached hydrogen (secondary N) is 2. The number of alkyl carbamates (subject to hydrolysis) is 1. The molecule has 1 saturated heterocycles. The predicted molar refractivity (Wildman–Crippen MR) is 177 cm³/mol. The molecular weight excluding hydrogens is 601 g/mol. The van der Waals surface area contributed by atoms with Gasteiger partial charge in [0.1, 0.15) is 29.8 Å². The molecule has 0 radical (unpaired) electrons. The number of likely N-dealkylation sites (tertiary alicyclic amines) is 1. The fraction of sp³-hybridized carbons (Fsp3) is 0.432. The summed E-state index contributed by atoms with van der Waals surface area (Å²) in [6.45, 7) is 7.24. The van der Waals surface area contributed by atoms with Crippen LogP contribution in [0.2, 0.25) is 0 Å². The molecule has 9 nitrogen and oxygen atoms in total. The van der Waals surface area contributed by atoms with Crippen LogP contribution in [0.4, 0.5) is 14.0 Å². The van der Waals surface area contributed by atoms with E-state index in [-0.39, 0.29) is 30.7 Å². The summed E-state index contributed by atoms with van der Waals surface area (Å²) in [5.74, 6) is -0.168. The minimum Gasteiger partial charge on any atom is -0.494 e. The van der Waals surface area contributed by atoms with Crippen molar-refractivity contribution in [3.63, 3.8) is 0 Å². The molecule has 3 amide bonds. The van der Waals surface area contributed by atoms with Gasteiger partial charge in [-0.1, -0.05) is 60.7 Å². The zero-order valence-corrected chi connectivity index (χ0v) is 27.5. The fourth-order valence-electron chi connectivity index (χ4n) is 5.35. The van der Waals surface area contributed by atoms with Gasteiger partial charge in [-0.05, 0) is 88.1 Å².